The summed E-state index contributed by atoms with van der Waals surface area (Å²) >= 11 is 0. The fourth-order valence-corrected chi connectivity index (χ4v) is 3.74. The third-order valence-corrected chi connectivity index (χ3v) is 5.26. The lowest BCUT2D eigenvalue weighted by molar-refractivity contribution is -0.150. The zero-order chi connectivity index (χ0) is 16.4. The number of ether oxygens (including phenoxy) is 3. The quantitative estimate of drug-likeness (QED) is 0.643. The van der Waals surface area contributed by atoms with E-state index in [9.17, 15) is 0 Å². The van der Waals surface area contributed by atoms with Gasteiger partial charge < -0.3 is 25.3 Å². The second-order valence-corrected chi connectivity index (χ2v) is 6.27. The zero-order valence-electron chi connectivity index (χ0n) is 14.0. The monoisotopic (exact) mass is 319 g/mol. The van der Waals surface area contributed by atoms with Crippen LogP contribution >= 0.6 is 0 Å². The molecule has 2 aliphatic rings. The van der Waals surface area contributed by atoms with Gasteiger partial charge in [-0.3, -0.25) is 0 Å². The Balaban J connectivity index is 1.68. The average Bonchev–Trinajstić information content (AvgIpc) is 2.49. The van der Waals surface area contributed by atoms with Crippen LogP contribution in [0.5, 0.6) is 11.5 Å². The molecule has 2 unspecified atom stereocenters. The number of hydrogen-bond donors (Lipinski definition) is 2. The van der Waals surface area contributed by atoms with Crippen LogP contribution in [-0.4, -0.2) is 39.4 Å². The van der Waals surface area contributed by atoms with Crippen molar-refractivity contribution >= 4 is 11.6 Å². The highest BCUT2D eigenvalue weighted by Gasteiger charge is 2.58. The van der Waals surface area contributed by atoms with E-state index < -0.39 is 0 Å². The number of hydrogen-bond acceptors (Lipinski definition) is 4. The summed E-state index contributed by atoms with van der Waals surface area (Å²) in [6, 6.07) is 5.83. The van der Waals surface area contributed by atoms with Gasteiger partial charge in [0.2, 0.25) is 0 Å². The van der Waals surface area contributed by atoms with Gasteiger partial charge in [-0.05, 0) is 31.4 Å². The van der Waals surface area contributed by atoms with Gasteiger partial charge in [0.15, 0.2) is 17.5 Å². The summed E-state index contributed by atoms with van der Waals surface area (Å²) in [5.74, 6) is 1.77. The van der Waals surface area contributed by atoms with Gasteiger partial charge in [0.1, 0.15) is 0 Å². The van der Waals surface area contributed by atoms with E-state index in [2.05, 4.69) is 10.3 Å². The number of anilines is 1. The van der Waals surface area contributed by atoms with Gasteiger partial charge in [-0.15, -0.1) is 0 Å². The van der Waals surface area contributed by atoms with Crippen LogP contribution in [0.2, 0.25) is 0 Å². The van der Waals surface area contributed by atoms with Crippen LogP contribution in [-0.2, 0) is 4.74 Å². The first-order valence-corrected chi connectivity index (χ1v) is 7.98. The maximum absolute atomic E-state index is 6.09. The van der Waals surface area contributed by atoms with Gasteiger partial charge in [-0.25, -0.2) is 4.99 Å². The van der Waals surface area contributed by atoms with E-state index in [1.54, 1.807) is 21.3 Å². The topological polar surface area (TPSA) is 78.1 Å². The second kappa shape index (κ2) is 6.28. The maximum atomic E-state index is 6.09. The molecule has 1 aromatic carbocycles. The number of guanidine groups is 1. The minimum atomic E-state index is 0.221. The molecule has 23 heavy (non-hydrogen) atoms. The van der Waals surface area contributed by atoms with Gasteiger partial charge in [-0.1, -0.05) is 6.42 Å². The van der Waals surface area contributed by atoms with Crippen molar-refractivity contribution in [3.63, 3.8) is 0 Å². The Morgan fingerprint density at radius 1 is 1.22 bits per heavy atom. The Labute approximate surface area is 137 Å². The number of nitrogens with zero attached hydrogens (tertiary/aromatic N) is 1. The molecule has 0 amide bonds. The lowest BCUT2D eigenvalue weighted by Crippen LogP contribution is -2.61. The zero-order valence-corrected chi connectivity index (χ0v) is 14.0. The van der Waals surface area contributed by atoms with Crippen molar-refractivity contribution in [1.29, 1.82) is 0 Å². The molecule has 2 atom stereocenters. The Bertz CT molecular complexity index is 599. The van der Waals surface area contributed by atoms with Crippen molar-refractivity contribution in [2.45, 2.75) is 37.8 Å². The van der Waals surface area contributed by atoms with Gasteiger partial charge in [0.05, 0.1) is 26.4 Å². The summed E-state index contributed by atoms with van der Waals surface area (Å²) < 4.78 is 16.1. The van der Waals surface area contributed by atoms with E-state index in [4.69, 9.17) is 19.9 Å². The minimum Gasteiger partial charge on any atom is -0.493 e. The first-order chi connectivity index (χ1) is 11.1. The third-order valence-electron chi connectivity index (χ3n) is 5.26. The first kappa shape index (κ1) is 15.9. The molecule has 0 aromatic heterocycles. The summed E-state index contributed by atoms with van der Waals surface area (Å²) in [4.78, 5) is 4.68. The number of rotatable bonds is 5. The van der Waals surface area contributed by atoms with Crippen molar-refractivity contribution in [2.24, 2.45) is 16.1 Å². The van der Waals surface area contributed by atoms with Gasteiger partial charge >= 0.3 is 0 Å². The Kier molecular flexibility index (Phi) is 4.35. The molecule has 126 valence electrons. The number of nitrogens with one attached hydrogen (secondary N) is 1. The predicted octanol–water partition coefficient (Wildman–Crippen LogP) is 2.39. The predicted molar refractivity (Wildman–Crippen MR) is 90.3 cm³/mol. The van der Waals surface area contributed by atoms with Crippen molar-refractivity contribution < 1.29 is 14.2 Å². The second-order valence-electron chi connectivity index (χ2n) is 6.27. The molecule has 0 bridgehead atoms. The minimum absolute atomic E-state index is 0.221. The van der Waals surface area contributed by atoms with Gasteiger partial charge in [0, 0.05) is 24.3 Å². The maximum Gasteiger partial charge on any atom is 0.193 e. The molecule has 0 radical (unpaired) electrons. The summed E-state index contributed by atoms with van der Waals surface area (Å²) in [5.41, 5.74) is 7.14. The van der Waals surface area contributed by atoms with Gasteiger partial charge in [0.25, 0.3) is 0 Å². The van der Waals surface area contributed by atoms with Gasteiger partial charge in [-0.2, -0.15) is 0 Å². The number of aliphatic imine (C=N–C) groups is 1. The van der Waals surface area contributed by atoms with Crippen LogP contribution in [0.25, 0.3) is 0 Å². The van der Waals surface area contributed by atoms with E-state index in [1.807, 2.05) is 18.2 Å². The molecule has 0 aliphatic heterocycles. The number of nitrogens with two attached hydrogens (primary N) is 1. The van der Waals surface area contributed by atoms with Crippen LogP contribution in [0.15, 0.2) is 23.2 Å². The Hall–Kier alpha value is -1.95. The van der Waals surface area contributed by atoms with Crippen molar-refractivity contribution in [3.05, 3.63) is 18.2 Å². The van der Waals surface area contributed by atoms with Crippen LogP contribution in [0.1, 0.15) is 25.7 Å². The molecule has 6 nitrogen and oxygen atoms in total. The van der Waals surface area contributed by atoms with E-state index in [-0.39, 0.29) is 11.5 Å². The highest BCUT2D eigenvalue weighted by atomic mass is 16.5. The van der Waals surface area contributed by atoms with Crippen molar-refractivity contribution in [3.8, 4) is 11.5 Å². The molecule has 1 aromatic rings. The number of methoxy groups -OCH3 is 3. The highest BCUT2D eigenvalue weighted by molar-refractivity contribution is 5.92. The molecular weight excluding hydrogens is 294 g/mol. The lowest BCUT2D eigenvalue weighted by Gasteiger charge is -2.59. The Morgan fingerprint density at radius 3 is 2.52 bits per heavy atom. The third kappa shape index (κ3) is 2.72. The molecular formula is C17H25N3O3. The summed E-state index contributed by atoms with van der Waals surface area (Å²) in [5, 5.41) is 3.14. The smallest absolute Gasteiger partial charge is 0.193 e. The molecule has 2 aliphatic carbocycles. The summed E-state index contributed by atoms with van der Waals surface area (Å²) in [6.07, 6.45) is 4.91. The summed E-state index contributed by atoms with van der Waals surface area (Å²) in [7, 11) is 5.01. The fraction of sp³-hybridized carbons (Fsp3) is 0.588. The molecule has 2 saturated carbocycles. The van der Waals surface area contributed by atoms with E-state index >= 15 is 0 Å². The molecule has 2 fully saturated rings. The van der Waals surface area contributed by atoms with Crippen LogP contribution in [0.4, 0.5) is 5.69 Å². The fourth-order valence-electron chi connectivity index (χ4n) is 3.74. The highest BCUT2D eigenvalue weighted by Crippen LogP contribution is 2.58. The molecule has 3 N–H and O–H groups in total. The average molecular weight is 319 g/mol. The van der Waals surface area contributed by atoms with E-state index in [0.29, 0.717) is 23.6 Å². The van der Waals surface area contributed by atoms with E-state index in [1.165, 1.54) is 19.3 Å². The Morgan fingerprint density at radius 2 is 1.96 bits per heavy atom. The van der Waals surface area contributed by atoms with E-state index in [0.717, 1.165) is 12.1 Å². The largest absolute Gasteiger partial charge is 0.493 e. The molecule has 6 heteroatoms. The summed E-state index contributed by atoms with van der Waals surface area (Å²) in [6.45, 7) is 0. The van der Waals surface area contributed by atoms with Crippen molar-refractivity contribution in [1.82, 2.24) is 0 Å². The van der Waals surface area contributed by atoms with Crippen molar-refractivity contribution in [2.75, 3.05) is 26.6 Å². The van der Waals surface area contributed by atoms with Crippen LogP contribution in [0.3, 0.4) is 0 Å². The molecule has 0 saturated heterocycles. The number of benzene rings is 1. The van der Waals surface area contributed by atoms with Crippen LogP contribution < -0.4 is 20.5 Å². The normalized spacial score (nSPS) is 25.4. The molecule has 0 heterocycles. The molecule has 3 rings (SSSR count). The van der Waals surface area contributed by atoms with Crippen LogP contribution in [0, 0.1) is 5.41 Å². The molecule has 1 spiro atoms. The lowest BCUT2D eigenvalue weighted by atomic mass is 9.51. The standard InChI is InChI=1S/C17H25N3O3/c1-21-12-6-5-11(9-13(12)22-2)19-16(18)20-14-10-15(23-3)17(14)7-4-8-17/h5-6,9,14-15H,4,7-8,10H2,1-3H3,(H3,18,19,20). The first-order valence-electron chi connectivity index (χ1n) is 7.98. The SMILES string of the molecule is COc1ccc(NC(N)=NC2CC(OC)C23CCC3)cc1OC.